The summed E-state index contributed by atoms with van der Waals surface area (Å²) in [5.41, 5.74) is 4.15. The van der Waals surface area contributed by atoms with Crippen LogP contribution < -0.4 is 5.32 Å². The summed E-state index contributed by atoms with van der Waals surface area (Å²) >= 11 is 2.08. The second-order valence-electron chi connectivity index (χ2n) is 5.78. The molecule has 1 aliphatic heterocycles. The minimum atomic E-state index is 0.958. The van der Waals surface area contributed by atoms with Crippen molar-refractivity contribution in [1.82, 2.24) is 14.8 Å². The second-order valence-corrected chi connectivity index (χ2v) is 7.00. The molecule has 0 aliphatic carbocycles. The third-order valence-electron chi connectivity index (χ3n) is 4.51. The predicted molar refractivity (Wildman–Crippen MR) is 93.1 cm³/mol. The molecule has 0 bridgehead atoms. The molecule has 0 unspecified atom stereocenters. The van der Waals surface area contributed by atoms with E-state index in [4.69, 9.17) is 0 Å². The molecule has 0 atom stereocenters. The van der Waals surface area contributed by atoms with Crippen LogP contribution in [0.15, 0.2) is 24.3 Å². The first-order valence-corrected chi connectivity index (χ1v) is 8.96. The Hall–Kier alpha value is -0.970. The maximum atomic E-state index is 3.62. The summed E-state index contributed by atoms with van der Waals surface area (Å²) in [6.07, 6.45) is 0. The first-order chi connectivity index (χ1) is 10.3. The Labute approximate surface area is 131 Å². The lowest BCUT2D eigenvalue weighted by atomic mass is 10.1. The number of aromatic nitrogens is 1. The SMILES string of the molecule is Cc1c(CNCCN2CCSCC2)n(C)c2ccccc12. The number of thioether (sulfide) groups is 1. The standard InChI is InChI=1S/C17H25N3S/c1-14-15-5-3-4-6-16(15)19(2)17(14)13-18-7-8-20-9-11-21-12-10-20/h3-6,18H,7-13H2,1-2H3. The van der Waals surface area contributed by atoms with E-state index in [-0.39, 0.29) is 0 Å². The van der Waals surface area contributed by atoms with Gasteiger partial charge in [-0.25, -0.2) is 0 Å². The van der Waals surface area contributed by atoms with Crippen molar-refractivity contribution in [2.24, 2.45) is 7.05 Å². The molecule has 0 amide bonds. The van der Waals surface area contributed by atoms with E-state index < -0.39 is 0 Å². The maximum absolute atomic E-state index is 3.62. The fraction of sp³-hybridized carbons (Fsp3) is 0.529. The van der Waals surface area contributed by atoms with Crippen LogP contribution in [-0.2, 0) is 13.6 Å². The summed E-state index contributed by atoms with van der Waals surface area (Å²) in [7, 11) is 2.17. The van der Waals surface area contributed by atoms with E-state index in [1.807, 2.05) is 0 Å². The van der Waals surface area contributed by atoms with Gasteiger partial charge in [-0.15, -0.1) is 0 Å². The Morgan fingerprint density at radius 2 is 1.95 bits per heavy atom. The Morgan fingerprint density at radius 3 is 2.71 bits per heavy atom. The number of hydrogen-bond acceptors (Lipinski definition) is 3. The van der Waals surface area contributed by atoms with Gasteiger partial charge in [-0.1, -0.05) is 18.2 Å². The summed E-state index contributed by atoms with van der Waals surface area (Å²) in [5.74, 6) is 2.59. The third kappa shape index (κ3) is 3.28. The molecule has 0 radical (unpaired) electrons. The van der Waals surface area contributed by atoms with Crippen LogP contribution in [0.1, 0.15) is 11.3 Å². The number of para-hydroxylation sites is 1. The van der Waals surface area contributed by atoms with Gasteiger partial charge in [0.15, 0.2) is 0 Å². The van der Waals surface area contributed by atoms with Gasteiger partial charge in [0, 0.05) is 67.9 Å². The van der Waals surface area contributed by atoms with Crippen LogP contribution in [0.3, 0.4) is 0 Å². The minimum Gasteiger partial charge on any atom is -0.346 e. The average molecular weight is 303 g/mol. The Bertz CT molecular complexity index is 560. The molecular weight excluding hydrogens is 278 g/mol. The molecular formula is C17H25N3S. The molecule has 0 saturated carbocycles. The lowest BCUT2D eigenvalue weighted by molar-refractivity contribution is 0.300. The van der Waals surface area contributed by atoms with Gasteiger partial charge in [0.05, 0.1) is 0 Å². The molecule has 1 fully saturated rings. The maximum Gasteiger partial charge on any atom is 0.0483 e. The van der Waals surface area contributed by atoms with Gasteiger partial charge < -0.3 is 14.8 Å². The molecule has 0 spiro atoms. The van der Waals surface area contributed by atoms with Crippen molar-refractivity contribution >= 4 is 22.7 Å². The molecule has 4 heteroatoms. The third-order valence-corrected chi connectivity index (χ3v) is 5.45. The number of hydrogen-bond donors (Lipinski definition) is 1. The van der Waals surface area contributed by atoms with Crippen LogP contribution in [-0.4, -0.2) is 47.2 Å². The number of rotatable bonds is 5. The van der Waals surface area contributed by atoms with Crippen LogP contribution in [0.4, 0.5) is 0 Å². The van der Waals surface area contributed by atoms with Gasteiger partial charge in [0.2, 0.25) is 0 Å². The number of aryl methyl sites for hydroxylation is 2. The Kier molecular flexibility index (Phi) is 4.88. The van der Waals surface area contributed by atoms with Crippen molar-refractivity contribution in [3.05, 3.63) is 35.5 Å². The topological polar surface area (TPSA) is 20.2 Å². The number of nitrogens with zero attached hydrogens (tertiary/aromatic N) is 2. The van der Waals surface area contributed by atoms with E-state index in [1.54, 1.807) is 0 Å². The summed E-state index contributed by atoms with van der Waals surface area (Å²) < 4.78 is 2.33. The number of nitrogens with one attached hydrogen (secondary N) is 1. The van der Waals surface area contributed by atoms with E-state index in [0.29, 0.717) is 0 Å². The molecule has 3 nitrogen and oxygen atoms in total. The highest BCUT2D eigenvalue weighted by Gasteiger charge is 2.12. The van der Waals surface area contributed by atoms with Gasteiger partial charge in [-0.3, -0.25) is 0 Å². The van der Waals surface area contributed by atoms with Gasteiger partial charge in [0.1, 0.15) is 0 Å². The van der Waals surface area contributed by atoms with Gasteiger partial charge in [0.25, 0.3) is 0 Å². The molecule has 1 aromatic carbocycles. The van der Waals surface area contributed by atoms with Crippen LogP contribution in [0.25, 0.3) is 10.9 Å². The van der Waals surface area contributed by atoms with Crippen molar-refractivity contribution in [3.63, 3.8) is 0 Å². The number of fused-ring (bicyclic) bond motifs is 1. The molecule has 1 aliphatic rings. The molecule has 1 aromatic heterocycles. The van der Waals surface area contributed by atoms with E-state index >= 15 is 0 Å². The summed E-state index contributed by atoms with van der Waals surface area (Å²) in [4.78, 5) is 2.57. The highest BCUT2D eigenvalue weighted by Crippen LogP contribution is 2.24. The largest absolute Gasteiger partial charge is 0.346 e. The van der Waals surface area contributed by atoms with E-state index in [9.17, 15) is 0 Å². The van der Waals surface area contributed by atoms with E-state index in [1.165, 1.54) is 53.3 Å². The monoisotopic (exact) mass is 303 g/mol. The summed E-state index contributed by atoms with van der Waals surface area (Å²) in [6.45, 7) is 7.94. The van der Waals surface area contributed by atoms with Crippen molar-refractivity contribution < 1.29 is 0 Å². The number of benzene rings is 1. The lowest BCUT2D eigenvalue weighted by Crippen LogP contribution is -2.37. The molecule has 3 rings (SSSR count). The van der Waals surface area contributed by atoms with Crippen LogP contribution in [0, 0.1) is 6.92 Å². The zero-order chi connectivity index (χ0) is 14.7. The lowest BCUT2D eigenvalue weighted by Gasteiger charge is -2.26. The van der Waals surface area contributed by atoms with Crippen LogP contribution in [0.2, 0.25) is 0 Å². The van der Waals surface area contributed by atoms with E-state index in [0.717, 1.165) is 13.1 Å². The molecule has 2 aromatic rings. The molecule has 114 valence electrons. The zero-order valence-electron chi connectivity index (χ0n) is 13.1. The fourth-order valence-corrected chi connectivity index (χ4v) is 4.13. The van der Waals surface area contributed by atoms with Gasteiger partial charge >= 0.3 is 0 Å². The highest BCUT2D eigenvalue weighted by atomic mass is 32.2. The van der Waals surface area contributed by atoms with Gasteiger partial charge in [-0.2, -0.15) is 11.8 Å². The highest BCUT2D eigenvalue weighted by molar-refractivity contribution is 7.99. The smallest absolute Gasteiger partial charge is 0.0483 e. The van der Waals surface area contributed by atoms with Crippen LogP contribution in [0.5, 0.6) is 0 Å². The molecule has 21 heavy (non-hydrogen) atoms. The Morgan fingerprint density at radius 1 is 1.19 bits per heavy atom. The molecule has 1 N–H and O–H groups in total. The van der Waals surface area contributed by atoms with Crippen LogP contribution >= 0.6 is 11.8 Å². The van der Waals surface area contributed by atoms with Crippen molar-refractivity contribution in [2.75, 3.05) is 37.7 Å². The summed E-state index contributed by atoms with van der Waals surface area (Å²) in [5, 5.41) is 5.00. The fourth-order valence-electron chi connectivity index (χ4n) is 3.16. The van der Waals surface area contributed by atoms with Crippen molar-refractivity contribution in [2.45, 2.75) is 13.5 Å². The van der Waals surface area contributed by atoms with Crippen molar-refractivity contribution in [3.8, 4) is 0 Å². The first kappa shape index (κ1) is 14.9. The first-order valence-electron chi connectivity index (χ1n) is 7.81. The van der Waals surface area contributed by atoms with Crippen molar-refractivity contribution in [1.29, 1.82) is 0 Å². The molecule has 1 saturated heterocycles. The predicted octanol–water partition coefficient (Wildman–Crippen LogP) is 2.63. The second kappa shape index (κ2) is 6.86. The Balaban J connectivity index is 1.58. The van der Waals surface area contributed by atoms with Gasteiger partial charge in [-0.05, 0) is 18.6 Å². The van der Waals surface area contributed by atoms with E-state index in [2.05, 4.69) is 64.8 Å². The minimum absolute atomic E-state index is 0.958. The molecule has 2 heterocycles. The summed E-state index contributed by atoms with van der Waals surface area (Å²) in [6, 6.07) is 8.67. The average Bonchev–Trinajstić information content (AvgIpc) is 2.77. The quantitative estimate of drug-likeness (QED) is 0.858. The normalized spacial score (nSPS) is 16.7. The zero-order valence-corrected chi connectivity index (χ0v) is 13.9.